The molecule has 2 rings (SSSR count). The van der Waals surface area contributed by atoms with Crippen LogP contribution in [0.5, 0.6) is 5.75 Å². The number of ether oxygens (including phenoxy) is 1. The first-order valence-corrected chi connectivity index (χ1v) is 7.77. The Kier molecular flexibility index (Phi) is 6.03. The van der Waals surface area contributed by atoms with Crippen molar-refractivity contribution in [3.63, 3.8) is 0 Å². The number of benzene rings is 2. The number of rotatable bonds is 6. The van der Waals surface area contributed by atoms with Crippen LogP contribution in [0.4, 0.5) is 5.69 Å². The molecule has 0 atom stereocenters. The lowest BCUT2D eigenvalue weighted by molar-refractivity contribution is 0.309. The second-order valence-corrected chi connectivity index (χ2v) is 5.53. The molecule has 0 unspecified atom stereocenters. The largest absolute Gasteiger partial charge is 0.494 e. The molecule has 110 valence electrons. The zero-order valence-electron chi connectivity index (χ0n) is 11.9. The molecule has 0 aliphatic heterocycles. The van der Waals surface area contributed by atoms with Crippen molar-refractivity contribution in [2.75, 3.05) is 11.9 Å². The van der Waals surface area contributed by atoms with Gasteiger partial charge in [-0.2, -0.15) is 0 Å². The van der Waals surface area contributed by atoms with Gasteiger partial charge in [0.05, 0.1) is 6.61 Å². The average molecular weight is 320 g/mol. The molecule has 0 fully saturated rings. The normalized spacial score (nSPS) is 10.2. The van der Waals surface area contributed by atoms with Crippen LogP contribution in [-0.2, 0) is 0 Å². The van der Waals surface area contributed by atoms with E-state index in [0.717, 1.165) is 36.4 Å². The van der Waals surface area contributed by atoms with E-state index in [2.05, 4.69) is 12.2 Å². The lowest BCUT2D eigenvalue weighted by Gasteiger charge is -2.10. The zero-order chi connectivity index (χ0) is 15.1. The summed E-state index contributed by atoms with van der Waals surface area (Å²) in [6.45, 7) is 2.90. The maximum Gasteiger partial charge on any atom is 0.119 e. The smallest absolute Gasteiger partial charge is 0.119 e. The Hall–Kier alpha value is -1.58. The molecule has 0 saturated heterocycles. The molecule has 2 aromatic carbocycles. The summed E-state index contributed by atoms with van der Waals surface area (Å²) < 4.78 is 5.63. The van der Waals surface area contributed by atoms with E-state index in [4.69, 9.17) is 28.6 Å². The summed E-state index contributed by atoms with van der Waals surface area (Å²) >= 11 is 11.2. The molecule has 0 heterocycles. The van der Waals surface area contributed by atoms with E-state index in [1.807, 2.05) is 48.5 Å². The number of halogens is 1. The number of anilines is 1. The predicted molar refractivity (Wildman–Crippen MR) is 93.6 cm³/mol. The minimum absolute atomic E-state index is 0.673. The minimum Gasteiger partial charge on any atom is -0.494 e. The van der Waals surface area contributed by atoms with Gasteiger partial charge in [-0.05, 0) is 42.8 Å². The van der Waals surface area contributed by atoms with Gasteiger partial charge in [0.1, 0.15) is 10.7 Å². The van der Waals surface area contributed by atoms with E-state index in [9.17, 15) is 0 Å². The van der Waals surface area contributed by atoms with E-state index in [-0.39, 0.29) is 0 Å². The van der Waals surface area contributed by atoms with E-state index in [0.29, 0.717) is 10.0 Å². The summed E-state index contributed by atoms with van der Waals surface area (Å²) in [4.78, 5) is 0.673. The van der Waals surface area contributed by atoms with Gasteiger partial charge in [0.15, 0.2) is 0 Å². The number of nitrogens with one attached hydrogen (secondary N) is 1. The third-order valence-electron chi connectivity index (χ3n) is 2.99. The molecule has 0 bridgehead atoms. The second-order valence-electron chi connectivity index (χ2n) is 4.69. The molecule has 0 aliphatic carbocycles. The van der Waals surface area contributed by atoms with Gasteiger partial charge in [-0.3, -0.25) is 0 Å². The van der Waals surface area contributed by atoms with E-state index in [1.165, 1.54) is 0 Å². The second kappa shape index (κ2) is 8.01. The maximum atomic E-state index is 5.87. The summed E-state index contributed by atoms with van der Waals surface area (Å²) in [5, 5.41) is 3.91. The van der Waals surface area contributed by atoms with Crippen molar-refractivity contribution in [3.8, 4) is 5.75 Å². The molecule has 0 aromatic heterocycles. The summed E-state index contributed by atoms with van der Waals surface area (Å²) in [6.07, 6.45) is 2.20. The molecular formula is C17H18ClNOS. The number of thiocarbonyl (C=S) groups is 1. The monoisotopic (exact) mass is 319 g/mol. The Bertz CT molecular complexity index is 581. The average Bonchev–Trinajstić information content (AvgIpc) is 2.50. The van der Waals surface area contributed by atoms with Crippen LogP contribution in [0.25, 0.3) is 0 Å². The summed E-state index contributed by atoms with van der Waals surface area (Å²) in [5.41, 5.74) is 1.88. The highest BCUT2D eigenvalue weighted by Gasteiger charge is 2.02. The van der Waals surface area contributed by atoms with Crippen molar-refractivity contribution >= 4 is 34.5 Å². The first-order chi connectivity index (χ1) is 10.2. The van der Waals surface area contributed by atoms with Gasteiger partial charge in [0.25, 0.3) is 0 Å². The summed E-state index contributed by atoms with van der Waals surface area (Å²) in [6, 6.07) is 15.3. The van der Waals surface area contributed by atoms with Crippen molar-refractivity contribution in [2.45, 2.75) is 19.8 Å². The maximum absolute atomic E-state index is 5.87. The fourth-order valence-corrected chi connectivity index (χ4v) is 2.15. The molecule has 0 radical (unpaired) electrons. The van der Waals surface area contributed by atoms with Crippen LogP contribution in [-0.4, -0.2) is 11.6 Å². The highest BCUT2D eigenvalue weighted by Crippen LogP contribution is 2.18. The molecule has 2 nitrogen and oxygen atoms in total. The van der Waals surface area contributed by atoms with Gasteiger partial charge in [-0.15, -0.1) is 0 Å². The molecular weight excluding hydrogens is 302 g/mol. The highest BCUT2D eigenvalue weighted by atomic mass is 35.5. The van der Waals surface area contributed by atoms with Crippen LogP contribution in [0.2, 0.25) is 5.02 Å². The molecule has 0 aliphatic rings. The Labute approximate surface area is 136 Å². The first-order valence-electron chi connectivity index (χ1n) is 6.99. The minimum atomic E-state index is 0.673. The predicted octanol–water partition coefficient (Wildman–Crippen LogP) is 5.31. The SMILES string of the molecule is CCCCOc1ccc(NC(=S)c2ccc(Cl)cc2)cc1. The number of hydrogen-bond donors (Lipinski definition) is 1. The fourth-order valence-electron chi connectivity index (χ4n) is 1.77. The number of hydrogen-bond acceptors (Lipinski definition) is 2. The summed E-state index contributed by atoms with van der Waals surface area (Å²) in [7, 11) is 0. The Balaban J connectivity index is 1.93. The van der Waals surface area contributed by atoms with E-state index >= 15 is 0 Å². The van der Waals surface area contributed by atoms with E-state index in [1.54, 1.807) is 0 Å². The van der Waals surface area contributed by atoms with Gasteiger partial charge in [-0.25, -0.2) is 0 Å². The van der Waals surface area contributed by atoms with Crippen molar-refractivity contribution in [3.05, 3.63) is 59.1 Å². The van der Waals surface area contributed by atoms with Crippen molar-refractivity contribution < 1.29 is 4.74 Å². The van der Waals surface area contributed by atoms with Gasteiger partial charge >= 0.3 is 0 Å². The fraction of sp³-hybridized carbons (Fsp3) is 0.235. The molecule has 1 N–H and O–H groups in total. The van der Waals surface area contributed by atoms with Gasteiger partial charge < -0.3 is 10.1 Å². The summed E-state index contributed by atoms with van der Waals surface area (Å²) in [5.74, 6) is 0.881. The van der Waals surface area contributed by atoms with Crippen molar-refractivity contribution in [1.29, 1.82) is 0 Å². The topological polar surface area (TPSA) is 21.3 Å². The molecule has 21 heavy (non-hydrogen) atoms. The van der Waals surface area contributed by atoms with Crippen LogP contribution >= 0.6 is 23.8 Å². The van der Waals surface area contributed by atoms with E-state index < -0.39 is 0 Å². The third kappa shape index (κ3) is 5.03. The molecule has 2 aromatic rings. The lowest BCUT2D eigenvalue weighted by Crippen LogP contribution is -2.10. The standard InChI is InChI=1S/C17H18ClNOS/c1-2-3-12-20-16-10-8-15(9-11-16)19-17(21)13-4-6-14(18)7-5-13/h4-11H,2-3,12H2,1H3,(H,19,21). The van der Waals surface area contributed by atoms with Gasteiger partial charge in [-0.1, -0.05) is 49.3 Å². The lowest BCUT2D eigenvalue weighted by atomic mass is 10.2. The molecule has 0 spiro atoms. The third-order valence-corrected chi connectivity index (χ3v) is 3.57. The zero-order valence-corrected chi connectivity index (χ0v) is 13.5. The Morgan fingerprint density at radius 1 is 1.10 bits per heavy atom. The molecule has 4 heteroatoms. The highest BCUT2D eigenvalue weighted by molar-refractivity contribution is 7.81. The van der Waals surface area contributed by atoms with Gasteiger partial charge in [0, 0.05) is 16.3 Å². The molecule has 0 saturated carbocycles. The Morgan fingerprint density at radius 3 is 2.38 bits per heavy atom. The van der Waals surface area contributed by atoms with Gasteiger partial charge in [0.2, 0.25) is 0 Å². The molecule has 0 amide bonds. The quantitative estimate of drug-likeness (QED) is 0.576. The van der Waals surface area contributed by atoms with Crippen molar-refractivity contribution in [2.24, 2.45) is 0 Å². The Morgan fingerprint density at radius 2 is 1.76 bits per heavy atom. The van der Waals surface area contributed by atoms with Crippen LogP contribution in [0.15, 0.2) is 48.5 Å². The van der Waals surface area contributed by atoms with Crippen LogP contribution in [0.3, 0.4) is 0 Å². The van der Waals surface area contributed by atoms with Crippen LogP contribution < -0.4 is 10.1 Å². The van der Waals surface area contributed by atoms with Crippen LogP contribution in [0.1, 0.15) is 25.3 Å². The van der Waals surface area contributed by atoms with Crippen molar-refractivity contribution in [1.82, 2.24) is 0 Å². The van der Waals surface area contributed by atoms with Crippen LogP contribution in [0, 0.1) is 0 Å². The first kappa shape index (κ1) is 15.8. The number of unbranched alkanes of at least 4 members (excludes halogenated alkanes) is 1.